The van der Waals surface area contributed by atoms with Crippen molar-refractivity contribution >= 4 is 18.0 Å². The number of benzene rings is 2. The number of carbonyl (C=O) groups is 3. The number of nitrogens with zero attached hydrogens (tertiary/aromatic N) is 1. The minimum atomic E-state index is -1.19. The van der Waals surface area contributed by atoms with Crippen molar-refractivity contribution in [1.82, 2.24) is 10.4 Å². The van der Waals surface area contributed by atoms with Crippen molar-refractivity contribution in [3.63, 3.8) is 0 Å². The number of esters is 1. The van der Waals surface area contributed by atoms with Gasteiger partial charge in [-0.1, -0.05) is 61.5 Å². The van der Waals surface area contributed by atoms with Gasteiger partial charge in [0.05, 0.1) is 6.61 Å². The third-order valence-corrected chi connectivity index (χ3v) is 5.20. The molecule has 2 rings (SSSR count). The molecule has 0 spiro atoms. The molecule has 8 nitrogen and oxygen atoms in total. The van der Waals surface area contributed by atoms with Crippen LogP contribution in [0, 0.1) is 0 Å². The number of rotatable bonds is 11. The first kappa shape index (κ1) is 27.9. The molecule has 0 saturated carbocycles. The van der Waals surface area contributed by atoms with Crippen molar-refractivity contribution in [2.45, 2.75) is 71.6 Å². The summed E-state index contributed by atoms with van der Waals surface area (Å²) in [6.45, 7) is 8.91. The highest BCUT2D eigenvalue weighted by atomic mass is 16.6. The summed E-state index contributed by atoms with van der Waals surface area (Å²) in [5.74, 6) is -1.83. The lowest BCUT2D eigenvalue weighted by molar-refractivity contribution is -0.153. The van der Waals surface area contributed by atoms with Crippen molar-refractivity contribution in [2.24, 2.45) is 0 Å². The lowest BCUT2D eigenvalue weighted by Gasteiger charge is -2.34. The van der Waals surface area contributed by atoms with Gasteiger partial charge in [-0.25, -0.2) is 20.0 Å². The summed E-state index contributed by atoms with van der Waals surface area (Å²) in [6, 6.07) is 14.4. The van der Waals surface area contributed by atoms with E-state index in [2.05, 4.69) is 5.43 Å². The van der Waals surface area contributed by atoms with E-state index in [-0.39, 0.29) is 19.4 Å². The third-order valence-electron chi connectivity index (χ3n) is 5.20. The van der Waals surface area contributed by atoms with Gasteiger partial charge >= 0.3 is 18.0 Å². The Bertz CT molecular complexity index is 969. The van der Waals surface area contributed by atoms with Crippen LogP contribution in [0.15, 0.2) is 54.6 Å². The van der Waals surface area contributed by atoms with Gasteiger partial charge in [0.2, 0.25) is 0 Å². The minimum absolute atomic E-state index is 0.0967. The Morgan fingerprint density at radius 2 is 1.49 bits per heavy atom. The fourth-order valence-corrected chi connectivity index (χ4v) is 3.44. The predicted octanol–water partition coefficient (Wildman–Crippen LogP) is 4.16. The number of carboxylic acids is 1. The summed E-state index contributed by atoms with van der Waals surface area (Å²) < 4.78 is 10.8. The molecule has 190 valence electrons. The lowest BCUT2D eigenvalue weighted by atomic mass is 10.0. The van der Waals surface area contributed by atoms with Crippen molar-refractivity contribution in [3.05, 3.63) is 71.3 Å². The maximum absolute atomic E-state index is 13.2. The Labute approximate surface area is 207 Å². The number of aliphatic carboxylic acids is 1. The fourth-order valence-electron chi connectivity index (χ4n) is 3.44. The second-order valence-electron chi connectivity index (χ2n) is 9.20. The summed E-state index contributed by atoms with van der Waals surface area (Å²) in [4.78, 5) is 38.4. The van der Waals surface area contributed by atoms with E-state index in [1.54, 1.807) is 27.7 Å². The molecule has 2 aromatic carbocycles. The fraction of sp³-hybridized carbons (Fsp3) is 0.444. The molecule has 0 unspecified atom stereocenters. The van der Waals surface area contributed by atoms with E-state index in [9.17, 15) is 19.5 Å². The maximum Gasteiger partial charge on any atom is 0.425 e. The Morgan fingerprint density at radius 1 is 0.914 bits per heavy atom. The van der Waals surface area contributed by atoms with Crippen molar-refractivity contribution in [1.29, 1.82) is 0 Å². The summed E-state index contributed by atoms with van der Waals surface area (Å²) >= 11 is 0. The van der Waals surface area contributed by atoms with Crippen LogP contribution in [0.5, 0.6) is 0 Å². The third kappa shape index (κ3) is 9.05. The van der Waals surface area contributed by atoms with E-state index in [0.29, 0.717) is 0 Å². The van der Waals surface area contributed by atoms with E-state index >= 15 is 0 Å². The molecular formula is C27H36N2O6. The van der Waals surface area contributed by atoms with E-state index in [1.807, 2.05) is 61.5 Å². The molecule has 0 aliphatic rings. The van der Waals surface area contributed by atoms with Gasteiger partial charge in [-0.3, -0.25) is 4.79 Å². The van der Waals surface area contributed by atoms with Crippen LogP contribution in [0.25, 0.3) is 0 Å². The molecule has 0 aliphatic carbocycles. The zero-order chi connectivity index (χ0) is 26.0. The largest absolute Gasteiger partial charge is 0.480 e. The Morgan fingerprint density at radius 3 is 2.00 bits per heavy atom. The highest BCUT2D eigenvalue weighted by Crippen LogP contribution is 2.17. The molecule has 0 aromatic heterocycles. The molecule has 8 heteroatoms. The van der Waals surface area contributed by atoms with Crippen molar-refractivity contribution in [2.75, 3.05) is 6.61 Å². The smallest absolute Gasteiger partial charge is 0.425 e. The number of hydrogen-bond donors (Lipinski definition) is 2. The van der Waals surface area contributed by atoms with E-state index in [1.165, 1.54) is 0 Å². The van der Waals surface area contributed by atoms with Crippen LogP contribution in [0.2, 0.25) is 0 Å². The molecule has 2 atom stereocenters. The van der Waals surface area contributed by atoms with Gasteiger partial charge in [-0.15, -0.1) is 0 Å². The van der Waals surface area contributed by atoms with Crippen LogP contribution in [0.1, 0.15) is 51.3 Å². The lowest BCUT2D eigenvalue weighted by Crippen LogP contribution is -2.60. The number of nitrogens with one attached hydrogen (secondary N) is 1. The summed E-state index contributed by atoms with van der Waals surface area (Å²) in [7, 11) is 0. The first-order chi connectivity index (χ1) is 16.5. The highest BCUT2D eigenvalue weighted by molar-refractivity contribution is 5.82. The number of aryl methyl sites for hydroxylation is 1. The molecule has 0 bridgehead atoms. The van der Waals surface area contributed by atoms with Gasteiger partial charge < -0.3 is 14.6 Å². The Hall–Kier alpha value is -3.39. The van der Waals surface area contributed by atoms with Crippen LogP contribution >= 0.6 is 0 Å². The SMILES string of the molecule is CCOC(=O)[C@H](Cc1ccccc1)N(N[C@@H](Cc1ccc(CC)cc1)C(=O)O)C(=O)OC(C)(C)C. The maximum atomic E-state index is 13.2. The number of amides is 1. The topological polar surface area (TPSA) is 105 Å². The Balaban J connectivity index is 2.41. The number of hydrazine groups is 1. The molecule has 1 amide bonds. The highest BCUT2D eigenvalue weighted by Gasteiger charge is 2.37. The number of ether oxygens (including phenoxy) is 2. The van der Waals surface area contributed by atoms with Gasteiger partial charge in [0, 0.05) is 12.8 Å². The van der Waals surface area contributed by atoms with Gasteiger partial charge in [0.15, 0.2) is 6.04 Å². The molecule has 0 heterocycles. The van der Waals surface area contributed by atoms with Crippen LogP contribution in [0.4, 0.5) is 4.79 Å². The number of carboxylic acid groups (broad SMARTS) is 1. The molecule has 35 heavy (non-hydrogen) atoms. The van der Waals surface area contributed by atoms with E-state index < -0.39 is 35.7 Å². The van der Waals surface area contributed by atoms with Crippen LogP contribution in [-0.2, 0) is 38.3 Å². The first-order valence-electron chi connectivity index (χ1n) is 11.8. The molecule has 2 aromatic rings. The normalized spacial score (nSPS) is 12.9. The average molecular weight is 485 g/mol. The predicted molar refractivity (Wildman–Crippen MR) is 133 cm³/mol. The molecule has 0 aliphatic heterocycles. The van der Waals surface area contributed by atoms with E-state index in [4.69, 9.17) is 9.47 Å². The second kappa shape index (κ2) is 12.9. The number of carbonyl (C=O) groups excluding carboxylic acids is 2. The summed E-state index contributed by atoms with van der Waals surface area (Å²) in [5.41, 5.74) is 4.60. The quantitative estimate of drug-likeness (QED) is 0.364. The van der Waals surface area contributed by atoms with Gasteiger partial charge in [0.25, 0.3) is 0 Å². The second-order valence-corrected chi connectivity index (χ2v) is 9.20. The Kier molecular flexibility index (Phi) is 10.3. The van der Waals surface area contributed by atoms with Crippen LogP contribution in [-0.4, -0.2) is 52.4 Å². The van der Waals surface area contributed by atoms with E-state index in [0.717, 1.165) is 28.1 Å². The zero-order valence-electron chi connectivity index (χ0n) is 21.1. The molecule has 0 fully saturated rings. The molecule has 0 saturated heterocycles. The summed E-state index contributed by atoms with van der Waals surface area (Å²) in [5, 5.41) is 10.9. The van der Waals surface area contributed by atoms with Crippen molar-refractivity contribution < 1.29 is 29.0 Å². The number of hydrogen-bond acceptors (Lipinski definition) is 6. The minimum Gasteiger partial charge on any atom is -0.480 e. The zero-order valence-corrected chi connectivity index (χ0v) is 21.1. The van der Waals surface area contributed by atoms with Crippen LogP contribution < -0.4 is 5.43 Å². The van der Waals surface area contributed by atoms with Crippen molar-refractivity contribution in [3.8, 4) is 0 Å². The molecular weight excluding hydrogens is 448 g/mol. The van der Waals surface area contributed by atoms with Gasteiger partial charge in [-0.05, 0) is 50.8 Å². The van der Waals surface area contributed by atoms with Gasteiger partial charge in [0.1, 0.15) is 11.6 Å². The molecule has 0 radical (unpaired) electrons. The first-order valence-corrected chi connectivity index (χ1v) is 11.8. The monoisotopic (exact) mass is 484 g/mol. The molecule has 2 N–H and O–H groups in total. The van der Waals surface area contributed by atoms with Gasteiger partial charge in [-0.2, -0.15) is 0 Å². The average Bonchev–Trinajstić information content (AvgIpc) is 2.80. The summed E-state index contributed by atoms with van der Waals surface area (Å²) in [6.07, 6.45) is 0.218. The standard InChI is InChI=1S/C27H36N2O6/c1-6-19-13-15-21(16-14-19)17-22(24(30)31)28-29(26(33)35-27(3,4)5)23(25(32)34-7-2)18-20-11-9-8-10-12-20/h8-16,22-23,28H,6-7,17-18H2,1-5H3,(H,30,31)/t22-,23-/m0/s1. The van der Waals surface area contributed by atoms with Crippen LogP contribution in [0.3, 0.4) is 0 Å².